The van der Waals surface area contributed by atoms with E-state index in [0.717, 1.165) is 32.4 Å². The van der Waals surface area contributed by atoms with Crippen LogP contribution in [-0.2, 0) is 10.2 Å². The van der Waals surface area contributed by atoms with Crippen LogP contribution in [0.15, 0.2) is 36.4 Å². The molecular formula is C20H28N2O. The molecule has 23 heavy (non-hydrogen) atoms. The van der Waals surface area contributed by atoms with Crippen molar-refractivity contribution in [2.45, 2.75) is 44.1 Å². The zero-order valence-corrected chi connectivity index (χ0v) is 14.6. The fourth-order valence-electron chi connectivity index (χ4n) is 4.57. The number of hydrogen-bond donors (Lipinski definition) is 0. The molecule has 0 radical (unpaired) electrons. The van der Waals surface area contributed by atoms with E-state index in [1.165, 1.54) is 11.3 Å². The Bertz CT molecular complexity index is 607. The Morgan fingerprint density at radius 1 is 1.35 bits per heavy atom. The van der Waals surface area contributed by atoms with E-state index in [2.05, 4.69) is 67.2 Å². The molecule has 2 aliphatic rings. The van der Waals surface area contributed by atoms with Crippen molar-refractivity contribution in [2.75, 3.05) is 32.1 Å². The zero-order chi connectivity index (χ0) is 16.4. The Kier molecular flexibility index (Phi) is 4.58. The molecule has 1 aliphatic heterocycles. The molecule has 1 aromatic carbocycles. The second-order valence-electron chi connectivity index (χ2n) is 7.15. The van der Waals surface area contributed by atoms with Gasteiger partial charge in [-0.15, -0.1) is 0 Å². The minimum Gasteiger partial charge on any atom is -0.377 e. The van der Waals surface area contributed by atoms with Crippen LogP contribution in [0.5, 0.6) is 0 Å². The fraction of sp³-hybridized carbons (Fsp3) is 0.550. The first kappa shape index (κ1) is 16.3. The van der Waals surface area contributed by atoms with Crippen LogP contribution in [0.3, 0.4) is 0 Å². The van der Waals surface area contributed by atoms with Gasteiger partial charge < -0.3 is 4.90 Å². The number of carbonyl (C=O) groups excluding carboxylic acids is 1. The lowest BCUT2D eigenvalue weighted by atomic mass is 9.65. The third-order valence-corrected chi connectivity index (χ3v) is 5.63. The number of rotatable bonds is 4. The molecule has 0 spiro atoms. The van der Waals surface area contributed by atoms with E-state index >= 15 is 0 Å². The number of para-hydroxylation sites is 1. The van der Waals surface area contributed by atoms with Gasteiger partial charge in [0.15, 0.2) is 0 Å². The molecule has 1 saturated heterocycles. The first-order valence-corrected chi connectivity index (χ1v) is 8.72. The topological polar surface area (TPSA) is 23.6 Å². The van der Waals surface area contributed by atoms with Crippen molar-refractivity contribution < 1.29 is 4.79 Å². The molecule has 1 heterocycles. The molecular weight excluding hydrogens is 284 g/mol. The van der Waals surface area contributed by atoms with Crippen molar-refractivity contribution in [1.82, 2.24) is 4.90 Å². The zero-order valence-electron chi connectivity index (χ0n) is 14.6. The molecule has 2 atom stereocenters. The van der Waals surface area contributed by atoms with Crippen LogP contribution in [0.1, 0.15) is 38.2 Å². The summed E-state index contributed by atoms with van der Waals surface area (Å²) < 4.78 is 0. The van der Waals surface area contributed by atoms with Crippen molar-refractivity contribution in [3.8, 4) is 0 Å². The van der Waals surface area contributed by atoms with E-state index in [4.69, 9.17) is 0 Å². The van der Waals surface area contributed by atoms with Gasteiger partial charge in [0.25, 0.3) is 0 Å². The molecule has 0 N–H and O–H groups in total. The highest BCUT2D eigenvalue weighted by Crippen LogP contribution is 2.50. The summed E-state index contributed by atoms with van der Waals surface area (Å²) in [6.07, 6.45) is 7.90. The summed E-state index contributed by atoms with van der Waals surface area (Å²) in [5, 5.41) is 0. The van der Waals surface area contributed by atoms with Crippen LogP contribution in [0.4, 0.5) is 5.69 Å². The van der Waals surface area contributed by atoms with Crippen molar-refractivity contribution in [3.05, 3.63) is 42.0 Å². The highest BCUT2D eigenvalue weighted by molar-refractivity contribution is 5.82. The average Bonchev–Trinajstić information content (AvgIpc) is 2.91. The number of nitrogens with zero attached hydrogens (tertiary/aromatic N) is 2. The Morgan fingerprint density at radius 3 is 2.87 bits per heavy atom. The van der Waals surface area contributed by atoms with Gasteiger partial charge >= 0.3 is 0 Å². The number of benzene rings is 1. The fourth-order valence-corrected chi connectivity index (χ4v) is 4.57. The molecule has 3 heteroatoms. The summed E-state index contributed by atoms with van der Waals surface area (Å²) in [5.74, 6) is 0.433. The van der Waals surface area contributed by atoms with Crippen molar-refractivity contribution in [3.63, 3.8) is 0 Å². The minimum atomic E-state index is -0.00220. The number of fused-ring (bicyclic) bond motifs is 1. The lowest BCUT2D eigenvalue weighted by Crippen LogP contribution is -2.47. The number of hydrogen-bond acceptors (Lipinski definition) is 3. The molecule has 0 bridgehead atoms. The first-order valence-electron chi connectivity index (χ1n) is 8.72. The van der Waals surface area contributed by atoms with Gasteiger partial charge in [-0.1, -0.05) is 30.4 Å². The molecule has 0 aromatic heterocycles. The van der Waals surface area contributed by atoms with Gasteiger partial charge in [-0.05, 0) is 37.9 Å². The second-order valence-corrected chi connectivity index (χ2v) is 7.15. The standard InChI is InChI=1S/C20H28N2O/c1-4-5-13-22-14-12-20(15-16(23)10-11-19(20)22)17-8-6-7-9-18(17)21(2)3/h4-9,19H,10-15H2,1-3H3/b5-4+/t19-,20+/m0/s1. The predicted octanol–water partition coefficient (Wildman–Crippen LogP) is 3.39. The largest absolute Gasteiger partial charge is 0.377 e. The summed E-state index contributed by atoms with van der Waals surface area (Å²) in [6, 6.07) is 9.15. The molecule has 0 amide bonds. The number of ketones is 1. The monoisotopic (exact) mass is 312 g/mol. The average molecular weight is 312 g/mol. The van der Waals surface area contributed by atoms with Crippen LogP contribution in [0.25, 0.3) is 0 Å². The van der Waals surface area contributed by atoms with Crippen LogP contribution in [0, 0.1) is 0 Å². The summed E-state index contributed by atoms with van der Waals surface area (Å²) in [5.41, 5.74) is 2.63. The Hall–Kier alpha value is -1.61. The lowest BCUT2D eigenvalue weighted by molar-refractivity contribution is -0.122. The van der Waals surface area contributed by atoms with E-state index in [-0.39, 0.29) is 5.41 Å². The number of likely N-dealkylation sites (tertiary alicyclic amines) is 1. The summed E-state index contributed by atoms with van der Waals surface area (Å²) in [6.45, 7) is 4.17. The van der Waals surface area contributed by atoms with Gasteiger partial charge in [0.1, 0.15) is 5.78 Å². The smallest absolute Gasteiger partial charge is 0.133 e. The van der Waals surface area contributed by atoms with E-state index in [9.17, 15) is 4.79 Å². The van der Waals surface area contributed by atoms with E-state index in [1.54, 1.807) is 0 Å². The van der Waals surface area contributed by atoms with E-state index in [1.807, 2.05) is 0 Å². The van der Waals surface area contributed by atoms with Gasteiger partial charge in [0.05, 0.1) is 0 Å². The van der Waals surface area contributed by atoms with Crippen molar-refractivity contribution >= 4 is 11.5 Å². The number of Topliss-reactive ketones (excluding diaryl/α,β-unsaturated/α-hetero) is 1. The lowest BCUT2D eigenvalue weighted by Gasteiger charge is -2.43. The SMILES string of the molecule is C/C=C/CN1CC[C@]2(c3ccccc3N(C)C)CC(=O)CC[C@H]12. The number of allylic oxidation sites excluding steroid dienone is 1. The minimum absolute atomic E-state index is 0.00220. The molecule has 1 aromatic rings. The Morgan fingerprint density at radius 2 is 2.13 bits per heavy atom. The van der Waals surface area contributed by atoms with Crippen molar-refractivity contribution in [2.24, 2.45) is 0 Å². The highest BCUT2D eigenvalue weighted by Gasteiger charge is 2.52. The van der Waals surface area contributed by atoms with Gasteiger partial charge in [0.2, 0.25) is 0 Å². The molecule has 2 fully saturated rings. The maximum atomic E-state index is 12.3. The van der Waals surface area contributed by atoms with Gasteiger partial charge in [0, 0.05) is 50.6 Å². The van der Waals surface area contributed by atoms with Crippen LogP contribution in [-0.4, -0.2) is 43.9 Å². The molecule has 1 saturated carbocycles. The normalized spacial score (nSPS) is 28.3. The maximum absolute atomic E-state index is 12.3. The second kappa shape index (κ2) is 6.48. The molecule has 3 rings (SSSR count). The predicted molar refractivity (Wildman–Crippen MR) is 96.1 cm³/mol. The third kappa shape index (κ3) is 2.83. The quantitative estimate of drug-likeness (QED) is 0.796. The van der Waals surface area contributed by atoms with Gasteiger partial charge in [-0.3, -0.25) is 9.69 Å². The summed E-state index contributed by atoms with van der Waals surface area (Å²) >= 11 is 0. The molecule has 124 valence electrons. The molecule has 0 unspecified atom stereocenters. The summed E-state index contributed by atoms with van der Waals surface area (Å²) in [4.78, 5) is 17.1. The Labute approximate surface area is 140 Å². The van der Waals surface area contributed by atoms with Crippen LogP contribution >= 0.6 is 0 Å². The Balaban J connectivity index is 2.04. The van der Waals surface area contributed by atoms with Gasteiger partial charge in [-0.25, -0.2) is 0 Å². The first-order chi connectivity index (χ1) is 11.1. The number of carbonyl (C=O) groups is 1. The van der Waals surface area contributed by atoms with Crippen LogP contribution in [0.2, 0.25) is 0 Å². The highest BCUT2D eigenvalue weighted by atomic mass is 16.1. The summed E-state index contributed by atoms with van der Waals surface area (Å²) in [7, 11) is 4.20. The maximum Gasteiger partial charge on any atom is 0.133 e. The molecule has 3 nitrogen and oxygen atoms in total. The third-order valence-electron chi connectivity index (χ3n) is 5.63. The van der Waals surface area contributed by atoms with Crippen LogP contribution < -0.4 is 4.90 Å². The van der Waals surface area contributed by atoms with Gasteiger partial charge in [-0.2, -0.15) is 0 Å². The van der Waals surface area contributed by atoms with E-state index < -0.39 is 0 Å². The van der Waals surface area contributed by atoms with E-state index in [0.29, 0.717) is 18.2 Å². The van der Waals surface area contributed by atoms with Crippen molar-refractivity contribution in [1.29, 1.82) is 0 Å². The molecule has 1 aliphatic carbocycles. The number of anilines is 1.